The van der Waals surface area contributed by atoms with Gasteiger partial charge in [-0.1, -0.05) is 37.3 Å². The lowest BCUT2D eigenvalue weighted by Gasteiger charge is -2.38. The molecule has 5 atom stereocenters. The number of nitrogens with one attached hydrogen (secondary N) is 1. The third kappa shape index (κ3) is 3.02. The SMILES string of the molecule is CC[C@]1(NC=O)[C@@H]2CC[C@H]1Cc1ccc(/C=C/CN3CC4CC3CO4)cc1C2. The number of nitrogens with zero attached hydrogens (tertiary/aromatic N) is 1. The molecule has 3 fully saturated rings. The van der Waals surface area contributed by atoms with Gasteiger partial charge in [-0.3, -0.25) is 9.69 Å². The lowest BCUT2D eigenvalue weighted by atomic mass is 9.77. The number of benzene rings is 1. The van der Waals surface area contributed by atoms with Crippen LogP contribution < -0.4 is 5.32 Å². The Labute approximate surface area is 168 Å². The van der Waals surface area contributed by atoms with E-state index in [1.165, 1.54) is 36.0 Å². The summed E-state index contributed by atoms with van der Waals surface area (Å²) in [4.78, 5) is 13.9. The largest absolute Gasteiger partial charge is 0.375 e. The zero-order valence-corrected chi connectivity index (χ0v) is 16.9. The standard InChI is InChI=1S/C24H32N2O2/c1-2-24(25-16-27)20-7-8-21(24)12-19-10-17(5-6-18(19)11-20)4-3-9-26-14-23-13-22(26)15-28-23/h3-6,10,16,20-23H,2,7-9,11-15H2,1H3,(H,25,27)/b4-3+/t20-,21+,22?,23?,24+/m0/s1. The van der Waals surface area contributed by atoms with E-state index in [-0.39, 0.29) is 5.54 Å². The van der Waals surface area contributed by atoms with Crippen molar-refractivity contribution < 1.29 is 9.53 Å². The van der Waals surface area contributed by atoms with Gasteiger partial charge in [0.05, 0.1) is 12.7 Å². The smallest absolute Gasteiger partial charge is 0.207 e. The van der Waals surface area contributed by atoms with Gasteiger partial charge < -0.3 is 10.1 Å². The summed E-state index contributed by atoms with van der Waals surface area (Å²) in [6.07, 6.45) is 12.9. The fourth-order valence-electron chi connectivity index (χ4n) is 6.54. The number of ether oxygens (including phenoxy) is 1. The predicted molar refractivity (Wildman–Crippen MR) is 111 cm³/mol. The van der Waals surface area contributed by atoms with Crippen molar-refractivity contribution >= 4 is 12.5 Å². The Balaban J connectivity index is 1.31. The van der Waals surface area contributed by atoms with Crippen molar-refractivity contribution in [2.75, 3.05) is 19.7 Å². The van der Waals surface area contributed by atoms with Crippen LogP contribution in [0.4, 0.5) is 0 Å². The molecule has 2 unspecified atom stereocenters. The van der Waals surface area contributed by atoms with Gasteiger partial charge in [0.2, 0.25) is 6.41 Å². The summed E-state index contributed by atoms with van der Waals surface area (Å²) in [5.41, 5.74) is 4.29. The number of rotatable bonds is 6. The number of carbonyl (C=O) groups excluding carboxylic acids is 1. The van der Waals surface area contributed by atoms with Crippen LogP contribution in [0.25, 0.3) is 6.08 Å². The molecule has 2 saturated heterocycles. The fraction of sp³-hybridized carbons (Fsp3) is 0.625. The van der Waals surface area contributed by atoms with Gasteiger partial charge in [-0.05, 0) is 67.1 Å². The lowest BCUT2D eigenvalue weighted by Crippen LogP contribution is -2.52. The van der Waals surface area contributed by atoms with Crippen LogP contribution in [0.15, 0.2) is 24.3 Å². The van der Waals surface area contributed by atoms with Gasteiger partial charge in [-0.2, -0.15) is 0 Å². The highest BCUT2D eigenvalue weighted by Gasteiger charge is 2.50. The third-order valence-corrected chi connectivity index (χ3v) is 8.06. The summed E-state index contributed by atoms with van der Waals surface area (Å²) < 4.78 is 5.70. The number of hydrogen-bond donors (Lipinski definition) is 1. The molecule has 1 N–H and O–H groups in total. The zero-order chi connectivity index (χ0) is 19.1. The topological polar surface area (TPSA) is 41.6 Å². The number of fused-ring (bicyclic) bond motifs is 5. The van der Waals surface area contributed by atoms with Gasteiger partial charge in [-0.15, -0.1) is 0 Å². The van der Waals surface area contributed by atoms with E-state index in [0.29, 0.717) is 24.0 Å². The molecular formula is C24H32N2O2. The minimum Gasteiger partial charge on any atom is -0.375 e. The Bertz CT molecular complexity index is 776. The lowest BCUT2D eigenvalue weighted by molar-refractivity contribution is -0.112. The second kappa shape index (κ2) is 7.31. The molecular weight excluding hydrogens is 348 g/mol. The van der Waals surface area contributed by atoms with Crippen molar-refractivity contribution in [2.24, 2.45) is 11.8 Å². The van der Waals surface area contributed by atoms with Crippen LogP contribution in [-0.4, -0.2) is 48.7 Å². The molecule has 0 aromatic heterocycles. The summed E-state index contributed by atoms with van der Waals surface area (Å²) in [6, 6.07) is 7.63. The first-order chi connectivity index (χ1) is 13.7. The molecule has 4 aliphatic rings. The average molecular weight is 381 g/mol. The third-order valence-electron chi connectivity index (χ3n) is 8.06. The highest BCUT2D eigenvalue weighted by atomic mass is 16.5. The van der Waals surface area contributed by atoms with E-state index < -0.39 is 0 Å². The van der Waals surface area contributed by atoms with Gasteiger partial charge >= 0.3 is 0 Å². The minimum atomic E-state index is -0.00604. The Morgan fingerprint density at radius 1 is 1.25 bits per heavy atom. The minimum absolute atomic E-state index is 0.00604. The van der Waals surface area contributed by atoms with Gasteiger partial charge in [0.1, 0.15) is 0 Å². The Morgan fingerprint density at radius 3 is 2.75 bits per heavy atom. The molecule has 1 aromatic carbocycles. The monoisotopic (exact) mass is 380 g/mol. The Kier molecular flexibility index (Phi) is 4.80. The molecule has 4 nitrogen and oxygen atoms in total. The second-order valence-electron chi connectivity index (χ2n) is 9.26. The van der Waals surface area contributed by atoms with Crippen molar-refractivity contribution in [3.63, 3.8) is 0 Å². The van der Waals surface area contributed by atoms with Gasteiger partial charge in [-0.25, -0.2) is 0 Å². The number of hydrogen-bond acceptors (Lipinski definition) is 3. The van der Waals surface area contributed by atoms with Crippen LogP contribution in [-0.2, 0) is 22.4 Å². The van der Waals surface area contributed by atoms with E-state index in [2.05, 4.69) is 47.5 Å². The van der Waals surface area contributed by atoms with Crippen molar-refractivity contribution in [3.05, 3.63) is 41.0 Å². The molecule has 0 radical (unpaired) electrons. The van der Waals surface area contributed by atoms with E-state index in [9.17, 15) is 4.79 Å². The molecule has 2 aliphatic carbocycles. The number of likely N-dealkylation sites (tertiary alicyclic amines) is 1. The van der Waals surface area contributed by atoms with Crippen molar-refractivity contribution in [1.29, 1.82) is 0 Å². The van der Waals surface area contributed by atoms with Gasteiger partial charge in [0, 0.05) is 24.7 Å². The molecule has 4 heteroatoms. The van der Waals surface area contributed by atoms with Crippen LogP contribution >= 0.6 is 0 Å². The molecule has 0 spiro atoms. The first-order valence-electron chi connectivity index (χ1n) is 11.1. The summed E-state index contributed by atoms with van der Waals surface area (Å²) >= 11 is 0. The van der Waals surface area contributed by atoms with Crippen LogP contribution in [0.1, 0.15) is 49.3 Å². The highest BCUT2D eigenvalue weighted by molar-refractivity contribution is 5.53. The molecule has 1 amide bonds. The van der Waals surface area contributed by atoms with Crippen LogP contribution in [0.5, 0.6) is 0 Å². The van der Waals surface area contributed by atoms with Crippen LogP contribution in [0, 0.1) is 11.8 Å². The Morgan fingerprint density at radius 2 is 2.07 bits per heavy atom. The molecule has 2 heterocycles. The zero-order valence-electron chi connectivity index (χ0n) is 16.9. The maximum Gasteiger partial charge on any atom is 0.207 e. The maximum atomic E-state index is 11.3. The summed E-state index contributed by atoms with van der Waals surface area (Å²) in [5, 5.41) is 3.27. The van der Waals surface area contributed by atoms with E-state index >= 15 is 0 Å². The van der Waals surface area contributed by atoms with E-state index in [1.54, 1.807) is 0 Å². The second-order valence-corrected chi connectivity index (χ2v) is 9.26. The van der Waals surface area contributed by atoms with Crippen molar-refractivity contribution in [1.82, 2.24) is 10.2 Å². The summed E-state index contributed by atoms with van der Waals surface area (Å²) in [6.45, 7) is 5.26. The normalized spacial score (nSPS) is 36.6. The van der Waals surface area contributed by atoms with E-state index in [4.69, 9.17) is 4.74 Å². The number of amides is 1. The molecule has 5 rings (SSSR count). The summed E-state index contributed by atoms with van der Waals surface area (Å²) in [5.74, 6) is 1.14. The van der Waals surface area contributed by atoms with E-state index in [0.717, 1.165) is 45.4 Å². The first kappa shape index (κ1) is 18.4. The maximum absolute atomic E-state index is 11.3. The molecule has 2 aliphatic heterocycles. The quantitative estimate of drug-likeness (QED) is 0.771. The Hall–Kier alpha value is -1.65. The molecule has 1 aromatic rings. The average Bonchev–Trinajstić information content (AvgIpc) is 3.37. The van der Waals surface area contributed by atoms with Crippen LogP contribution in [0.2, 0.25) is 0 Å². The predicted octanol–water partition coefficient (Wildman–Crippen LogP) is 3.19. The first-order valence-corrected chi connectivity index (χ1v) is 11.1. The van der Waals surface area contributed by atoms with Crippen molar-refractivity contribution in [3.8, 4) is 0 Å². The molecule has 4 bridgehead atoms. The fourth-order valence-corrected chi connectivity index (χ4v) is 6.54. The molecule has 28 heavy (non-hydrogen) atoms. The van der Waals surface area contributed by atoms with Gasteiger partial charge in [0.25, 0.3) is 0 Å². The van der Waals surface area contributed by atoms with Gasteiger partial charge in [0.15, 0.2) is 0 Å². The molecule has 150 valence electrons. The number of morpholine rings is 1. The molecule has 1 saturated carbocycles. The van der Waals surface area contributed by atoms with E-state index in [1.807, 2.05) is 0 Å². The number of carbonyl (C=O) groups is 1. The highest BCUT2D eigenvalue weighted by Crippen LogP contribution is 2.48. The van der Waals surface area contributed by atoms with Crippen LogP contribution in [0.3, 0.4) is 0 Å². The summed E-state index contributed by atoms with van der Waals surface area (Å²) in [7, 11) is 0. The van der Waals surface area contributed by atoms with Crippen molar-refractivity contribution in [2.45, 2.75) is 63.1 Å².